The number of rotatable bonds is 3. The predicted octanol–water partition coefficient (Wildman–Crippen LogP) is 4.11. The number of carboxylic acids is 1. The van der Waals surface area contributed by atoms with Gasteiger partial charge in [0.2, 0.25) is 8.32 Å². The zero-order valence-electron chi connectivity index (χ0n) is 11.9. The molecular weight excluding hydrogens is 326 g/mol. The molecule has 106 valence electrons. The lowest BCUT2D eigenvalue weighted by molar-refractivity contribution is 0.0695. The minimum Gasteiger partial charge on any atom is -0.543 e. The van der Waals surface area contributed by atoms with Crippen LogP contribution in [-0.2, 0) is 0 Å². The predicted molar refractivity (Wildman–Crippen MR) is 83.3 cm³/mol. The van der Waals surface area contributed by atoms with Gasteiger partial charge in [0.05, 0.1) is 15.7 Å². The molecule has 1 rings (SSSR count). The molecule has 0 saturated heterocycles. The fourth-order valence-corrected chi connectivity index (χ4v) is 2.69. The Labute approximate surface area is 123 Å². The fourth-order valence-electron chi connectivity index (χ4n) is 1.28. The zero-order chi connectivity index (χ0) is 15.0. The summed E-state index contributed by atoms with van der Waals surface area (Å²) in [5.74, 6) is -0.510. The van der Waals surface area contributed by atoms with Crippen molar-refractivity contribution in [2.45, 2.75) is 38.9 Å². The number of halogens is 1. The summed E-state index contributed by atoms with van der Waals surface area (Å²) in [6, 6.07) is 3.18. The van der Waals surface area contributed by atoms with E-state index in [1.165, 1.54) is 6.07 Å². The van der Waals surface area contributed by atoms with Crippen LogP contribution in [0, 0.1) is 0 Å². The van der Waals surface area contributed by atoms with Crippen molar-refractivity contribution in [3.63, 3.8) is 0 Å². The van der Waals surface area contributed by atoms with Crippen LogP contribution in [0.15, 0.2) is 16.6 Å². The second-order valence-electron chi connectivity index (χ2n) is 6.04. The van der Waals surface area contributed by atoms with Crippen LogP contribution in [0.1, 0.15) is 31.1 Å². The number of carbonyl (C=O) groups is 1. The zero-order valence-corrected chi connectivity index (χ0v) is 14.5. The normalized spacial score (nSPS) is 12.3. The fraction of sp³-hybridized carbons (Fsp3) is 0.462. The molecule has 1 aromatic carbocycles. The highest BCUT2D eigenvalue weighted by Gasteiger charge is 2.39. The molecule has 0 saturated carbocycles. The van der Waals surface area contributed by atoms with E-state index in [-0.39, 0.29) is 10.6 Å². The van der Waals surface area contributed by atoms with Crippen LogP contribution in [0.2, 0.25) is 18.1 Å². The SMILES string of the molecule is CC(C)(C)[Si](C)(C)Oc1cc(N)c(Br)c(C(=O)O)c1. The first-order chi connectivity index (χ1) is 8.45. The van der Waals surface area contributed by atoms with Gasteiger partial charge in [-0.15, -0.1) is 0 Å². The maximum atomic E-state index is 11.2. The number of hydrogen-bond donors (Lipinski definition) is 2. The van der Waals surface area contributed by atoms with Crippen LogP contribution >= 0.6 is 15.9 Å². The van der Waals surface area contributed by atoms with Crippen molar-refractivity contribution in [1.82, 2.24) is 0 Å². The van der Waals surface area contributed by atoms with E-state index in [0.717, 1.165) is 0 Å². The Balaban J connectivity index is 3.21. The lowest BCUT2D eigenvalue weighted by atomic mass is 10.2. The van der Waals surface area contributed by atoms with Gasteiger partial charge in [-0.25, -0.2) is 4.79 Å². The first-order valence-electron chi connectivity index (χ1n) is 5.97. The van der Waals surface area contributed by atoms with Crippen molar-refractivity contribution in [1.29, 1.82) is 0 Å². The summed E-state index contributed by atoms with van der Waals surface area (Å²) >= 11 is 3.18. The molecule has 0 atom stereocenters. The summed E-state index contributed by atoms with van der Waals surface area (Å²) in [4.78, 5) is 11.2. The molecule has 1 aromatic rings. The number of carboxylic acid groups (broad SMARTS) is 1. The topological polar surface area (TPSA) is 72.5 Å². The van der Waals surface area contributed by atoms with Crippen molar-refractivity contribution in [3.8, 4) is 5.75 Å². The van der Waals surface area contributed by atoms with Crippen LogP contribution in [0.4, 0.5) is 5.69 Å². The quantitative estimate of drug-likeness (QED) is 0.638. The van der Waals surface area contributed by atoms with E-state index in [0.29, 0.717) is 15.9 Å². The Morgan fingerprint density at radius 2 is 1.89 bits per heavy atom. The van der Waals surface area contributed by atoms with Crippen molar-refractivity contribution in [3.05, 3.63) is 22.2 Å². The van der Waals surface area contributed by atoms with E-state index in [1.807, 2.05) is 0 Å². The van der Waals surface area contributed by atoms with E-state index < -0.39 is 14.3 Å². The Hall–Kier alpha value is -1.01. The standard InChI is InChI=1S/C13H20BrNO3Si/c1-13(2,3)19(4,5)18-8-6-9(12(16)17)11(14)10(15)7-8/h6-7H,15H2,1-5H3,(H,16,17). The van der Waals surface area contributed by atoms with Gasteiger partial charge in [-0.1, -0.05) is 20.8 Å². The van der Waals surface area contributed by atoms with Crippen LogP contribution in [0.5, 0.6) is 5.75 Å². The molecule has 4 nitrogen and oxygen atoms in total. The van der Waals surface area contributed by atoms with E-state index in [1.54, 1.807) is 6.07 Å². The van der Waals surface area contributed by atoms with Gasteiger partial charge in [-0.2, -0.15) is 0 Å². The maximum Gasteiger partial charge on any atom is 0.337 e. The van der Waals surface area contributed by atoms with Crippen LogP contribution in [0.3, 0.4) is 0 Å². The molecule has 6 heteroatoms. The third-order valence-corrected chi connectivity index (χ3v) is 8.73. The average Bonchev–Trinajstić information content (AvgIpc) is 2.20. The van der Waals surface area contributed by atoms with E-state index in [2.05, 4.69) is 49.8 Å². The first-order valence-corrected chi connectivity index (χ1v) is 9.67. The third-order valence-electron chi connectivity index (χ3n) is 3.48. The van der Waals surface area contributed by atoms with E-state index >= 15 is 0 Å². The minimum absolute atomic E-state index is 0.0399. The lowest BCUT2D eigenvalue weighted by Crippen LogP contribution is -2.43. The number of aromatic carboxylic acids is 1. The number of nitrogens with two attached hydrogens (primary N) is 1. The van der Waals surface area contributed by atoms with Gasteiger partial charge in [0.1, 0.15) is 5.75 Å². The van der Waals surface area contributed by atoms with Gasteiger partial charge in [-0.05, 0) is 40.1 Å². The monoisotopic (exact) mass is 345 g/mol. The smallest absolute Gasteiger partial charge is 0.337 e. The van der Waals surface area contributed by atoms with Crippen LogP contribution in [-0.4, -0.2) is 19.4 Å². The van der Waals surface area contributed by atoms with Gasteiger partial charge >= 0.3 is 5.97 Å². The Morgan fingerprint density at radius 3 is 2.32 bits per heavy atom. The molecule has 19 heavy (non-hydrogen) atoms. The Morgan fingerprint density at radius 1 is 1.37 bits per heavy atom. The lowest BCUT2D eigenvalue weighted by Gasteiger charge is -2.36. The highest BCUT2D eigenvalue weighted by atomic mass is 79.9. The maximum absolute atomic E-state index is 11.2. The molecule has 0 amide bonds. The molecule has 0 heterocycles. The molecule has 0 spiro atoms. The van der Waals surface area contributed by atoms with Gasteiger partial charge in [0.15, 0.2) is 0 Å². The second-order valence-corrected chi connectivity index (χ2v) is 11.6. The molecule has 0 bridgehead atoms. The van der Waals surface area contributed by atoms with E-state index in [4.69, 9.17) is 15.3 Å². The summed E-state index contributed by atoms with van der Waals surface area (Å²) in [5, 5.41) is 9.18. The number of nitrogen functional groups attached to an aromatic ring is 1. The Kier molecular flexibility index (Phi) is 4.36. The molecule has 0 aliphatic rings. The number of anilines is 1. The highest BCUT2D eigenvalue weighted by molar-refractivity contribution is 9.10. The second kappa shape index (κ2) is 5.17. The summed E-state index contributed by atoms with van der Waals surface area (Å²) in [6.45, 7) is 10.6. The number of benzene rings is 1. The molecule has 0 aliphatic heterocycles. The molecular formula is C13H20BrNO3Si. The summed E-state index contributed by atoms with van der Waals surface area (Å²) in [6.07, 6.45) is 0. The van der Waals surface area contributed by atoms with Gasteiger partial charge in [0, 0.05) is 6.07 Å². The average molecular weight is 346 g/mol. The molecule has 0 radical (unpaired) electrons. The Bertz CT molecular complexity index is 509. The van der Waals surface area contributed by atoms with Crippen molar-refractivity contribution < 1.29 is 14.3 Å². The van der Waals surface area contributed by atoms with Gasteiger partial charge < -0.3 is 15.3 Å². The summed E-state index contributed by atoms with van der Waals surface area (Å²) < 4.78 is 6.46. The van der Waals surface area contributed by atoms with Crippen molar-refractivity contribution in [2.24, 2.45) is 0 Å². The minimum atomic E-state index is -2.01. The molecule has 0 aliphatic carbocycles. The third kappa shape index (κ3) is 3.51. The molecule has 0 unspecified atom stereocenters. The van der Waals surface area contributed by atoms with Crippen LogP contribution in [0.25, 0.3) is 0 Å². The summed E-state index contributed by atoms with van der Waals surface area (Å²) in [5.41, 5.74) is 6.30. The van der Waals surface area contributed by atoms with Crippen LogP contribution < -0.4 is 10.2 Å². The largest absolute Gasteiger partial charge is 0.543 e. The van der Waals surface area contributed by atoms with Gasteiger partial charge in [0.25, 0.3) is 0 Å². The van der Waals surface area contributed by atoms with Crippen molar-refractivity contribution >= 4 is 35.9 Å². The molecule has 3 N–H and O–H groups in total. The number of hydrogen-bond acceptors (Lipinski definition) is 3. The van der Waals surface area contributed by atoms with E-state index in [9.17, 15) is 4.79 Å². The summed E-state index contributed by atoms with van der Waals surface area (Å²) in [7, 11) is -2.01. The van der Waals surface area contributed by atoms with Crippen molar-refractivity contribution in [2.75, 3.05) is 5.73 Å². The molecule has 0 fully saturated rings. The van der Waals surface area contributed by atoms with Gasteiger partial charge in [-0.3, -0.25) is 0 Å². The highest BCUT2D eigenvalue weighted by Crippen LogP contribution is 2.39. The molecule has 0 aromatic heterocycles. The first kappa shape index (κ1) is 16.0.